The highest BCUT2D eigenvalue weighted by Crippen LogP contribution is 2.01. The van der Waals surface area contributed by atoms with Crippen molar-refractivity contribution >= 4 is 20.5 Å². The van der Waals surface area contributed by atoms with Crippen LogP contribution in [0, 0.1) is 0 Å². The third-order valence-electron chi connectivity index (χ3n) is 1.29. The maximum atomic E-state index is 5.48. The number of rotatable bonds is 1. The molecule has 0 bridgehead atoms. The summed E-state index contributed by atoms with van der Waals surface area (Å²) in [4.78, 5) is 0. The minimum absolute atomic E-state index is 0.143. The molecule has 9 heavy (non-hydrogen) atoms. The summed E-state index contributed by atoms with van der Waals surface area (Å²) in [5, 5.41) is 3.14. The van der Waals surface area contributed by atoms with E-state index < -0.39 is 0 Å². The van der Waals surface area contributed by atoms with Gasteiger partial charge in [0, 0.05) is 24.8 Å². The molecule has 0 spiro atoms. The van der Waals surface area contributed by atoms with Gasteiger partial charge in [0.1, 0.15) is 7.85 Å². The summed E-state index contributed by atoms with van der Waals surface area (Å²) in [6.07, 6.45) is 0.192. The Morgan fingerprint density at radius 1 is 1.67 bits per heavy atom. The van der Waals surface area contributed by atoms with Crippen molar-refractivity contribution in [1.82, 2.24) is 5.32 Å². The zero-order chi connectivity index (χ0) is 6.69. The number of ether oxygens (including phenoxy) is 1. The van der Waals surface area contributed by atoms with Crippen LogP contribution in [0.1, 0.15) is 0 Å². The predicted molar refractivity (Wildman–Crippen MR) is 41.1 cm³/mol. The Morgan fingerprint density at radius 2 is 2.44 bits per heavy atom. The lowest BCUT2D eigenvalue weighted by atomic mass is 9.99. The largest absolute Gasteiger partial charge is 0.381 e. The molecule has 0 amide bonds. The van der Waals surface area contributed by atoms with Gasteiger partial charge < -0.3 is 10.1 Å². The lowest BCUT2D eigenvalue weighted by molar-refractivity contribution is 0.0192. The second-order valence-corrected chi connectivity index (χ2v) is 2.50. The van der Waals surface area contributed by atoms with E-state index in [1.165, 1.54) is 0 Å². The standard InChI is InChI=1S/C5H10BNOS/c6-5-2-7-1-4(3-9)8-5/h4-5,7,9H,1-3H2. The SMILES string of the molecule is [B]C1CNCC(CS)O1. The van der Waals surface area contributed by atoms with E-state index in [9.17, 15) is 0 Å². The Morgan fingerprint density at radius 3 is 2.89 bits per heavy atom. The van der Waals surface area contributed by atoms with Crippen molar-refractivity contribution in [3.8, 4) is 0 Å². The van der Waals surface area contributed by atoms with Crippen molar-refractivity contribution in [3.63, 3.8) is 0 Å². The number of hydrogen-bond donors (Lipinski definition) is 2. The molecule has 2 radical (unpaired) electrons. The highest BCUT2D eigenvalue weighted by Gasteiger charge is 2.15. The molecule has 2 nitrogen and oxygen atoms in total. The predicted octanol–water partition coefficient (Wildman–Crippen LogP) is -0.601. The first-order chi connectivity index (χ1) is 4.33. The Balaban J connectivity index is 2.23. The molecule has 1 aliphatic rings. The van der Waals surface area contributed by atoms with E-state index in [-0.39, 0.29) is 12.1 Å². The summed E-state index contributed by atoms with van der Waals surface area (Å²) in [7, 11) is 5.48. The Kier molecular flexibility index (Phi) is 2.89. The molecular formula is C5H10BNOS. The first kappa shape index (κ1) is 7.44. The third kappa shape index (κ3) is 2.20. The summed E-state index contributed by atoms with van der Waals surface area (Å²) < 4.78 is 5.27. The van der Waals surface area contributed by atoms with Gasteiger partial charge in [0.2, 0.25) is 0 Å². The fourth-order valence-corrected chi connectivity index (χ4v) is 1.05. The number of hydrogen-bond acceptors (Lipinski definition) is 3. The molecule has 4 heteroatoms. The van der Waals surface area contributed by atoms with Gasteiger partial charge in [-0.1, -0.05) is 0 Å². The van der Waals surface area contributed by atoms with Crippen LogP contribution in [-0.4, -0.2) is 38.8 Å². The van der Waals surface area contributed by atoms with Gasteiger partial charge in [0.25, 0.3) is 0 Å². The topological polar surface area (TPSA) is 21.3 Å². The van der Waals surface area contributed by atoms with Crippen LogP contribution in [0.3, 0.4) is 0 Å². The van der Waals surface area contributed by atoms with Crippen LogP contribution in [0.2, 0.25) is 0 Å². The van der Waals surface area contributed by atoms with E-state index in [4.69, 9.17) is 12.6 Å². The van der Waals surface area contributed by atoms with Crippen LogP contribution in [0.4, 0.5) is 0 Å². The van der Waals surface area contributed by atoms with Gasteiger partial charge in [-0.3, -0.25) is 0 Å². The molecule has 2 unspecified atom stereocenters. The fraction of sp³-hybridized carbons (Fsp3) is 1.00. The third-order valence-corrected chi connectivity index (χ3v) is 1.70. The molecule has 1 aliphatic heterocycles. The maximum Gasteiger partial charge on any atom is 0.110 e. The summed E-state index contributed by atoms with van der Waals surface area (Å²) >= 11 is 4.08. The van der Waals surface area contributed by atoms with Crippen LogP contribution >= 0.6 is 12.6 Å². The van der Waals surface area contributed by atoms with Crippen molar-refractivity contribution in [1.29, 1.82) is 0 Å². The quantitative estimate of drug-likeness (QED) is 0.377. The van der Waals surface area contributed by atoms with Crippen LogP contribution in [0.5, 0.6) is 0 Å². The number of morpholine rings is 1. The Bertz CT molecular complexity index is 93.0. The molecule has 1 heterocycles. The van der Waals surface area contributed by atoms with Crippen LogP contribution in [0.15, 0.2) is 0 Å². The summed E-state index contributed by atoms with van der Waals surface area (Å²) in [6.45, 7) is 1.63. The average Bonchev–Trinajstić information content (AvgIpc) is 1.88. The van der Waals surface area contributed by atoms with Crippen LogP contribution < -0.4 is 5.32 Å². The molecule has 0 aromatic heterocycles. The highest BCUT2D eigenvalue weighted by atomic mass is 32.1. The van der Waals surface area contributed by atoms with Crippen molar-refractivity contribution in [2.75, 3.05) is 18.8 Å². The van der Waals surface area contributed by atoms with Gasteiger partial charge in [-0.2, -0.15) is 12.6 Å². The lowest BCUT2D eigenvalue weighted by Crippen LogP contribution is -2.45. The van der Waals surface area contributed by atoms with Gasteiger partial charge in [-0.25, -0.2) is 0 Å². The van der Waals surface area contributed by atoms with Crippen LogP contribution in [-0.2, 0) is 4.74 Å². The van der Waals surface area contributed by atoms with E-state index in [1.54, 1.807) is 0 Å². The first-order valence-corrected chi connectivity index (χ1v) is 3.69. The van der Waals surface area contributed by atoms with E-state index in [0.717, 1.165) is 18.8 Å². The van der Waals surface area contributed by atoms with Gasteiger partial charge in [0.15, 0.2) is 0 Å². The maximum absolute atomic E-state index is 5.48. The fourth-order valence-electron chi connectivity index (χ4n) is 0.838. The molecule has 0 saturated carbocycles. The second-order valence-electron chi connectivity index (χ2n) is 2.14. The second kappa shape index (κ2) is 3.49. The molecule has 0 aromatic rings. The Labute approximate surface area is 62.2 Å². The molecule has 2 atom stereocenters. The van der Waals surface area contributed by atoms with Crippen molar-refractivity contribution < 1.29 is 4.74 Å². The number of nitrogens with one attached hydrogen (secondary N) is 1. The van der Waals surface area contributed by atoms with Crippen molar-refractivity contribution in [2.45, 2.75) is 12.1 Å². The van der Waals surface area contributed by atoms with Gasteiger partial charge in [-0.15, -0.1) is 0 Å². The van der Waals surface area contributed by atoms with E-state index in [1.807, 2.05) is 0 Å². The molecule has 0 aliphatic carbocycles. The number of thiol groups is 1. The van der Waals surface area contributed by atoms with Gasteiger partial charge >= 0.3 is 0 Å². The monoisotopic (exact) mass is 143 g/mol. The van der Waals surface area contributed by atoms with E-state index >= 15 is 0 Å². The lowest BCUT2D eigenvalue weighted by Gasteiger charge is -2.27. The zero-order valence-electron chi connectivity index (χ0n) is 5.21. The molecular weight excluding hydrogens is 133 g/mol. The average molecular weight is 143 g/mol. The summed E-state index contributed by atoms with van der Waals surface area (Å²) in [5.74, 6) is 0.737. The van der Waals surface area contributed by atoms with Gasteiger partial charge in [-0.05, 0) is 0 Å². The van der Waals surface area contributed by atoms with Crippen LogP contribution in [0.25, 0.3) is 0 Å². The van der Waals surface area contributed by atoms with E-state index in [2.05, 4.69) is 17.9 Å². The molecule has 50 valence electrons. The molecule has 0 aromatic carbocycles. The highest BCUT2D eigenvalue weighted by molar-refractivity contribution is 7.80. The van der Waals surface area contributed by atoms with Crippen molar-refractivity contribution in [2.24, 2.45) is 0 Å². The zero-order valence-corrected chi connectivity index (χ0v) is 6.10. The van der Waals surface area contributed by atoms with Crippen molar-refractivity contribution in [3.05, 3.63) is 0 Å². The smallest absolute Gasteiger partial charge is 0.110 e. The summed E-state index contributed by atoms with van der Waals surface area (Å²) in [6, 6.07) is -0.143. The summed E-state index contributed by atoms with van der Waals surface area (Å²) in [5.41, 5.74) is 0. The van der Waals surface area contributed by atoms with E-state index in [0.29, 0.717) is 0 Å². The molecule has 1 N–H and O–H groups in total. The normalized spacial score (nSPS) is 36.6. The first-order valence-electron chi connectivity index (χ1n) is 3.05. The minimum atomic E-state index is -0.143. The molecule has 1 fully saturated rings. The molecule has 1 rings (SSSR count). The minimum Gasteiger partial charge on any atom is -0.381 e. The Hall–Kier alpha value is 0.335. The molecule has 1 saturated heterocycles. The van der Waals surface area contributed by atoms with Gasteiger partial charge in [0.05, 0.1) is 6.10 Å².